The first-order valence-corrected chi connectivity index (χ1v) is 8.16. The molecule has 0 unspecified atom stereocenters. The summed E-state index contributed by atoms with van der Waals surface area (Å²) in [5, 5.41) is 8.51. The molecule has 3 heterocycles. The minimum atomic E-state index is -0.0303. The predicted molar refractivity (Wildman–Crippen MR) is 90.1 cm³/mol. The molecule has 0 spiro atoms. The number of aromatic nitrogens is 2. The van der Waals surface area contributed by atoms with Crippen molar-refractivity contribution in [2.75, 3.05) is 6.54 Å². The number of nitrogens with one attached hydrogen (secondary N) is 1. The van der Waals surface area contributed by atoms with E-state index in [9.17, 15) is 4.79 Å². The lowest BCUT2D eigenvalue weighted by Gasteiger charge is -2.27. The highest BCUT2D eigenvalue weighted by atomic mass is 16.3. The summed E-state index contributed by atoms with van der Waals surface area (Å²) in [7, 11) is 0. The van der Waals surface area contributed by atoms with Gasteiger partial charge in [0.15, 0.2) is 0 Å². The Morgan fingerprint density at radius 3 is 3.08 bits per heavy atom. The first kappa shape index (κ1) is 15.0. The number of fused-ring (bicyclic) bond motifs is 2. The Morgan fingerprint density at radius 2 is 2.21 bits per heavy atom. The summed E-state index contributed by atoms with van der Waals surface area (Å²) < 4.78 is 7.45. The van der Waals surface area contributed by atoms with Crippen LogP contribution < -0.4 is 5.32 Å². The molecule has 1 aromatic carbocycles. The SMILES string of the molecule is CC(=O)NCc1cc2n(n1)CCN(Cc1ccc3occc3c1)C2. The van der Waals surface area contributed by atoms with Crippen LogP contribution >= 0.6 is 0 Å². The monoisotopic (exact) mass is 324 g/mol. The summed E-state index contributed by atoms with van der Waals surface area (Å²) in [5.74, 6) is -0.0303. The second-order valence-corrected chi connectivity index (χ2v) is 6.26. The molecule has 0 saturated heterocycles. The third-order valence-corrected chi connectivity index (χ3v) is 4.37. The van der Waals surface area contributed by atoms with Crippen molar-refractivity contribution in [3.8, 4) is 0 Å². The number of carbonyl (C=O) groups is 1. The van der Waals surface area contributed by atoms with Crippen molar-refractivity contribution < 1.29 is 9.21 Å². The number of hydrogen-bond donors (Lipinski definition) is 1. The van der Waals surface area contributed by atoms with Crippen LogP contribution in [0.2, 0.25) is 0 Å². The molecule has 1 amide bonds. The smallest absolute Gasteiger partial charge is 0.217 e. The summed E-state index contributed by atoms with van der Waals surface area (Å²) >= 11 is 0. The molecule has 0 bridgehead atoms. The van der Waals surface area contributed by atoms with Gasteiger partial charge in [-0.25, -0.2) is 0 Å². The van der Waals surface area contributed by atoms with Crippen LogP contribution in [-0.2, 0) is 31.0 Å². The molecule has 6 nitrogen and oxygen atoms in total. The van der Waals surface area contributed by atoms with Crippen LogP contribution in [0.1, 0.15) is 23.9 Å². The van der Waals surface area contributed by atoms with E-state index in [1.807, 2.05) is 16.8 Å². The molecule has 2 aromatic heterocycles. The summed E-state index contributed by atoms with van der Waals surface area (Å²) in [6.07, 6.45) is 1.73. The van der Waals surface area contributed by atoms with E-state index < -0.39 is 0 Å². The van der Waals surface area contributed by atoms with E-state index in [0.717, 1.165) is 42.8 Å². The van der Waals surface area contributed by atoms with E-state index in [2.05, 4.69) is 33.5 Å². The van der Waals surface area contributed by atoms with Gasteiger partial charge in [-0.3, -0.25) is 14.4 Å². The predicted octanol–water partition coefficient (Wildman–Crippen LogP) is 2.28. The minimum absolute atomic E-state index is 0.0303. The maximum atomic E-state index is 11.0. The second kappa shape index (κ2) is 6.13. The molecule has 124 valence electrons. The maximum Gasteiger partial charge on any atom is 0.217 e. The molecule has 0 atom stereocenters. The van der Waals surface area contributed by atoms with Gasteiger partial charge in [0.1, 0.15) is 5.58 Å². The first-order chi connectivity index (χ1) is 11.7. The van der Waals surface area contributed by atoms with Gasteiger partial charge in [0.2, 0.25) is 5.91 Å². The zero-order valence-corrected chi connectivity index (χ0v) is 13.7. The van der Waals surface area contributed by atoms with Crippen molar-refractivity contribution in [1.82, 2.24) is 20.0 Å². The standard InChI is InChI=1S/C18H20N4O2/c1-13(23)19-10-16-9-17-12-21(5-6-22(17)20-16)11-14-2-3-18-15(8-14)4-7-24-18/h2-4,7-9H,5-6,10-12H2,1H3,(H,19,23). The van der Waals surface area contributed by atoms with Crippen LogP contribution in [0.3, 0.4) is 0 Å². The Morgan fingerprint density at radius 1 is 1.29 bits per heavy atom. The summed E-state index contributed by atoms with van der Waals surface area (Å²) in [6, 6.07) is 10.4. The quantitative estimate of drug-likeness (QED) is 0.800. The molecule has 0 radical (unpaired) electrons. The van der Waals surface area contributed by atoms with E-state index in [1.165, 1.54) is 18.2 Å². The Balaban J connectivity index is 1.44. The third kappa shape index (κ3) is 3.05. The number of carbonyl (C=O) groups excluding carboxylic acids is 1. The molecule has 6 heteroatoms. The van der Waals surface area contributed by atoms with Crippen molar-refractivity contribution in [1.29, 1.82) is 0 Å². The zero-order valence-electron chi connectivity index (χ0n) is 13.7. The Bertz CT molecular complexity index is 880. The molecule has 0 saturated carbocycles. The van der Waals surface area contributed by atoms with Crippen LogP contribution in [-0.4, -0.2) is 27.1 Å². The Kier molecular flexibility index (Phi) is 3.82. The fraction of sp³-hybridized carbons (Fsp3) is 0.333. The van der Waals surface area contributed by atoms with Crippen LogP contribution in [0.15, 0.2) is 41.0 Å². The Labute approximate surface area is 140 Å². The van der Waals surface area contributed by atoms with Crippen molar-refractivity contribution in [2.45, 2.75) is 33.1 Å². The van der Waals surface area contributed by atoms with Crippen LogP contribution in [0.25, 0.3) is 11.0 Å². The van der Waals surface area contributed by atoms with Crippen molar-refractivity contribution in [3.63, 3.8) is 0 Å². The van der Waals surface area contributed by atoms with Crippen molar-refractivity contribution in [3.05, 3.63) is 53.5 Å². The molecule has 1 aliphatic rings. The van der Waals surface area contributed by atoms with Crippen molar-refractivity contribution >= 4 is 16.9 Å². The van der Waals surface area contributed by atoms with Gasteiger partial charge in [0.25, 0.3) is 0 Å². The Hall–Kier alpha value is -2.60. The zero-order chi connectivity index (χ0) is 16.5. The fourth-order valence-corrected chi connectivity index (χ4v) is 3.19. The molecule has 0 fully saturated rings. The topological polar surface area (TPSA) is 63.3 Å². The highest BCUT2D eigenvalue weighted by Gasteiger charge is 2.18. The second-order valence-electron chi connectivity index (χ2n) is 6.26. The minimum Gasteiger partial charge on any atom is -0.464 e. The lowest BCUT2D eigenvalue weighted by molar-refractivity contribution is -0.119. The normalized spacial score (nSPS) is 14.7. The molecule has 0 aliphatic carbocycles. The van der Waals surface area contributed by atoms with E-state index in [4.69, 9.17) is 4.42 Å². The number of rotatable bonds is 4. The average Bonchev–Trinajstić information content (AvgIpc) is 3.18. The number of nitrogens with zero attached hydrogens (tertiary/aromatic N) is 3. The highest BCUT2D eigenvalue weighted by molar-refractivity contribution is 5.77. The number of amides is 1. The average molecular weight is 324 g/mol. The van der Waals surface area contributed by atoms with Gasteiger partial charge in [-0.15, -0.1) is 0 Å². The van der Waals surface area contributed by atoms with Crippen molar-refractivity contribution in [2.24, 2.45) is 0 Å². The van der Waals surface area contributed by atoms with Gasteiger partial charge in [0.05, 0.1) is 30.7 Å². The molecular weight excluding hydrogens is 304 g/mol. The molecular formula is C18H20N4O2. The highest BCUT2D eigenvalue weighted by Crippen LogP contribution is 2.20. The molecule has 3 aromatic rings. The van der Waals surface area contributed by atoms with E-state index in [-0.39, 0.29) is 5.91 Å². The lowest BCUT2D eigenvalue weighted by atomic mass is 10.1. The van der Waals surface area contributed by atoms with Crippen LogP contribution in [0.5, 0.6) is 0 Å². The maximum absolute atomic E-state index is 11.0. The lowest BCUT2D eigenvalue weighted by Crippen LogP contribution is -2.33. The van der Waals surface area contributed by atoms with E-state index in [1.54, 1.807) is 6.26 Å². The fourth-order valence-electron chi connectivity index (χ4n) is 3.19. The largest absolute Gasteiger partial charge is 0.464 e. The number of hydrogen-bond acceptors (Lipinski definition) is 4. The van der Waals surface area contributed by atoms with Crippen LogP contribution in [0.4, 0.5) is 0 Å². The molecule has 24 heavy (non-hydrogen) atoms. The van der Waals surface area contributed by atoms with Gasteiger partial charge in [0, 0.05) is 31.9 Å². The molecule has 4 rings (SSSR count). The van der Waals surface area contributed by atoms with E-state index in [0.29, 0.717) is 6.54 Å². The summed E-state index contributed by atoms with van der Waals surface area (Å²) in [4.78, 5) is 13.4. The van der Waals surface area contributed by atoms with Gasteiger partial charge in [-0.1, -0.05) is 6.07 Å². The molecule has 1 aliphatic heterocycles. The van der Waals surface area contributed by atoms with Gasteiger partial charge < -0.3 is 9.73 Å². The third-order valence-electron chi connectivity index (χ3n) is 4.37. The number of benzene rings is 1. The molecule has 1 N–H and O–H groups in total. The first-order valence-electron chi connectivity index (χ1n) is 8.16. The van der Waals surface area contributed by atoms with Gasteiger partial charge in [-0.2, -0.15) is 5.10 Å². The summed E-state index contributed by atoms with van der Waals surface area (Å²) in [6.45, 7) is 5.64. The van der Waals surface area contributed by atoms with E-state index >= 15 is 0 Å². The van der Waals surface area contributed by atoms with Gasteiger partial charge >= 0.3 is 0 Å². The summed E-state index contributed by atoms with van der Waals surface area (Å²) in [5.41, 5.74) is 4.33. The van der Waals surface area contributed by atoms with Crippen LogP contribution in [0, 0.1) is 0 Å². The number of furan rings is 1. The van der Waals surface area contributed by atoms with Gasteiger partial charge in [-0.05, 0) is 29.8 Å².